The highest BCUT2D eigenvalue weighted by atomic mass is 16.4. The molecule has 5 aromatic carbocycles. The summed E-state index contributed by atoms with van der Waals surface area (Å²) < 4.78 is 0. The van der Waals surface area contributed by atoms with Gasteiger partial charge in [0.15, 0.2) is 0 Å². The predicted octanol–water partition coefficient (Wildman–Crippen LogP) is 6.45. The topological polar surface area (TPSA) is 74.6 Å². The second-order valence-corrected chi connectivity index (χ2v) is 8.32. The summed E-state index contributed by atoms with van der Waals surface area (Å²) in [6.07, 6.45) is -0.468. The molecular formula is C29H22O4. The zero-order valence-corrected chi connectivity index (χ0v) is 17.8. The molecule has 0 saturated carbocycles. The Bertz CT molecular complexity index is 1510. The van der Waals surface area contributed by atoms with Crippen LogP contribution in [0.4, 0.5) is 0 Å². The van der Waals surface area contributed by atoms with Crippen LogP contribution in [0.15, 0.2) is 97.1 Å². The van der Waals surface area contributed by atoms with Crippen LogP contribution in [0.2, 0.25) is 0 Å². The minimum Gasteiger partial charge on any atom is -0.481 e. The molecule has 0 aliphatic rings. The van der Waals surface area contributed by atoms with E-state index in [0.29, 0.717) is 0 Å². The Balaban J connectivity index is 1.89. The van der Waals surface area contributed by atoms with Crippen LogP contribution in [0.25, 0.3) is 32.3 Å². The van der Waals surface area contributed by atoms with Crippen molar-refractivity contribution in [2.24, 2.45) is 5.92 Å². The Kier molecular flexibility index (Phi) is 5.27. The van der Waals surface area contributed by atoms with Crippen molar-refractivity contribution in [2.45, 2.75) is 12.3 Å². The molecule has 0 bridgehead atoms. The smallest absolute Gasteiger partial charge is 0.308 e. The summed E-state index contributed by atoms with van der Waals surface area (Å²) in [5.41, 5.74) is 1.65. The molecule has 33 heavy (non-hydrogen) atoms. The molecular weight excluding hydrogens is 412 g/mol. The van der Waals surface area contributed by atoms with Gasteiger partial charge in [-0.3, -0.25) is 9.59 Å². The molecule has 2 atom stereocenters. The molecule has 0 unspecified atom stereocenters. The van der Waals surface area contributed by atoms with E-state index in [0.717, 1.165) is 43.4 Å². The number of benzene rings is 5. The van der Waals surface area contributed by atoms with Gasteiger partial charge in [-0.1, -0.05) is 97.1 Å². The van der Waals surface area contributed by atoms with E-state index in [1.54, 1.807) is 0 Å². The van der Waals surface area contributed by atoms with Crippen molar-refractivity contribution in [1.29, 1.82) is 0 Å². The molecule has 0 fully saturated rings. The zero-order chi connectivity index (χ0) is 22.9. The van der Waals surface area contributed by atoms with Crippen molar-refractivity contribution in [3.05, 3.63) is 108 Å². The van der Waals surface area contributed by atoms with E-state index >= 15 is 0 Å². The van der Waals surface area contributed by atoms with Gasteiger partial charge >= 0.3 is 11.9 Å². The zero-order valence-electron chi connectivity index (χ0n) is 17.8. The maximum Gasteiger partial charge on any atom is 0.308 e. The van der Waals surface area contributed by atoms with Crippen molar-refractivity contribution in [3.8, 4) is 0 Å². The number of carbonyl (C=O) groups is 2. The third-order valence-corrected chi connectivity index (χ3v) is 6.41. The molecule has 0 heterocycles. The van der Waals surface area contributed by atoms with Gasteiger partial charge in [-0.2, -0.15) is 0 Å². The Labute approximate surface area is 190 Å². The lowest BCUT2D eigenvalue weighted by Gasteiger charge is -2.27. The summed E-state index contributed by atoms with van der Waals surface area (Å²) in [4.78, 5) is 24.3. The number of aliphatic carboxylic acids is 2. The number of hydrogen-bond acceptors (Lipinski definition) is 2. The highest BCUT2D eigenvalue weighted by Crippen LogP contribution is 2.42. The van der Waals surface area contributed by atoms with Crippen LogP contribution in [0, 0.1) is 5.92 Å². The molecule has 4 heteroatoms. The quantitative estimate of drug-likeness (QED) is 0.301. The average Bonchev–Trinajstić information content (AvgIpc) is 2.83. The van der Waals surface area contributed by atoms with Crippen LogP contribution in [0.1, 0.15) is 23.5 Å². The molecule has 5 rings (SSSR count). The molecule has 0 radical (unpaired) electrons. The fourth-order valence-electron chi connectivity index (χ4n) is 5.01. The molecule has 4 nitrogen and oxygen atoms in total. The van der Waals surface area contributed by atoms with Gasteiger partial charge in [0.2, 0.25) is 0 Å². The highest BCUT2D eigenvalue weighted by Gasteiger charge is 2.35. The molecule has 0 aliphatic carbocycles. The van der Waals surface area contributed by atoms with Crippen LogP contribution >= 0.6 is 0 Å². The molecule has 5 aromatic rings. The Morgan fingerprint density at radius 3 is 1.85 bits per heavy atom. The standard InChI is InChI=1S/C29H22O4/c30-26(31)17-25(29(32)33)28(23-13-5-9-18-7-1-3-11-21(18)23)24-14-6-10-20-16-15-19-8-2-4-12-22(19)27(20)24/h1-16,25,28H,17H2,(H,30,31)(H,32,33)/t25-,28-/m0/s1. The molecule has 0 spiro atoms. The molecule has 0 saturated heterocycles. The Morgan fingerprint density at radius 1 is 0.606 bits per heavy atom. The largest absolute Gasteiger partial charge is 0.481 e. The van der Waals surface area contributed by atoms with Gasteiger partial charge in [0, 0.05) is 5.92 Å². The van der Waals surface area contributed by atoms with Crippen LogP contribution < -0.4 is 0 Å². The maximum absolute atomic E-state index is 12.5. The van der Waals surface area contributed by atoms with E-state index in [1.807, 2.05) is 91.0 Å². The van der Waals surface area contributed by atoms with E-state index in [4.69, 9.17) is 0 Å². The Morgan fingerprint density at radius 2 is 1.15 bits per heavy atom. The van der Waals surface area contributed by atoms with Crippen molar-refractivity contribution < 1.29 is 19.8 Å². The second kappa shape index (κ2) is 8.40. The summed E-state index contributed by atoms with van der Waals surface area (Å²) in [6, 6.07) is 31.6. The first-order chi connectivity index (χ1) is 16.0. The summed E-state index contributed by atoms with van der Waals surface area (Å²) in [6.45, 7) is 0. The van der Waals surface area contributed by atoms with Crippen molar-refractivity contribution in [1.82, 2.24) is 0 Å². The monoisotopic (exact) mass is 434 g/mol. The van der Waals surface area contributed by atoms with Gasteiger partial charge in [-0.05, 0) is 43.4 Å². The minimum absolute atomic E-state index is 0.468. The lowest BCUT2D eigenvalue weighted by molar-refractivity contribution is -0.148. The summed E-state index contributed by atoms with van der Waals surface area (Å²) >= 11 is 0. The fraction of sp³-hybridized carbons (Fsp3) is 0.103. The number of carboxylic acid groups (broad SMARTS) is 2. The van der Waals surface area contributed by atoms with E-state index in [-0.39, 0.29) is 0 Å². The third-order valence-electron chi connectivity index (χ3n) is 6.41. The van der Waals surface area contributed by atoms with Gasteiger partial charge in [-0.15, -0.1) is 0 Å². The molecule has 2 N–H and O–H groups in total. The van der Waals surface area contributed by atoms with Crippen LogP contribution in [0.3, 0.4) is 0 Å². The van der Waals surface area contributed by atoms with Gasteiger partial charge in [-0.25, -0.2) is 0 Å². The summed E-state index contributed by atoms with van der Waals surface area (Å²) in [5.74, 6) is -4.01. The van der Waals surface area contributed by atoms with Gasteiger partial charge in [0.05, 0.1) is 12.3 Å². The van der Waals surface area contributed by atoms with Crippen molar-refractivity contribution >= 4 is 44.3 Å². The first kappa shape index (κ1) is 20.7. The van der Waals surface area contributed by atoms with Gasteiger partial charge in [0.1, 0.15) is 0 Å². The van der Waals surface area contributed by atoms with E-state index in [2.05, 4.69) is 6.07 Å². The lowest BCUT2D eigenvalue weighted by atomic mass is 9.75. The first-order valence-corrected chi connectivity index (χ1v) is 10.9. The normalized spacial score (nSPS) is 13.2. The first-order valence-electron chi connectivity index (χ1n) is 10.9. The average molecular weight is 434 g/mol. The minimum atomic E-state index is -1.13. The predicted molar refractivity (Wildman–Crippen MR) is 131 cm³/mol. The number of fused-ring (bicyclic) bond motifs is 4. The van der Waals surface area contributed by atoms with Crippen LogP contribution in [-0.2, 0) is 9.59 Å². The van der Waals surface area contributed by atoms with Gasteiger partial charge < -0.3 is 10.2 Å². The van der Waals surface area contributed by atoms with Gasteiger partial charge in [0.25, 0.3) is 0 Å². The summed E-state index contributed by atoms with van der Waals surface area (Å²) in [5, 5.41) is 25.8. The molecule has 0 aromatic heterocycles. The molecule has 162 valence electrons. The van der Waals surface area contributed by atoms with Crippen LogP contribution in [-0.4, -0.2) is 22.2 Å². The fourth-order valence-corrected chi connectivity index (χ4v) is 5.01. The lowest BCUT2D eigenvalue weighted by Crippen LogP contribution is -2.26. The van der Waals surface area contributed by atoms with Crippen molar-refractivity contribution in [3.63, 3.8) is 0 Å². The summed E-state index contributed by atoms with van der Waals surface area (Å²) in [7, 11) is 0. The molecule has 0 aliphatic heterocycles. The van der Waals surface area contributed by atoms with E-state index in [9.17, 15) is 19.8 Å². The van der Waals surface area contributed by atoms with Crippen molar-refractivity contribution in [2.75, 3.05) is 0 Å². The van der Waals surface area contributed by atoms with E-state index < -0.39 is 30.2 Å². The van der Waals surface area contributed by atoms with Crippen LogP contribution in [0.5, 0.6) is 0 Å². The number of hydrogen-bond donors (Lipinski definition) is 2. The SMILES string of the molecule is O=C(O)C[C@H](C(=O)O)[C@@H](c1cccc2ccccc12)c1cccc2ccc3ccccc3c12. The Hall–Kier alpha value is -4.18. The maximum atomic E-state index is 12.5. The highest BCUT2D eigenvalue weighted by molar-refractivity contribution is 6.10. The second-order valence-electron chi connectivity index (χ2n) is 8.32. The number of carboxylic acids is 2. The number of rotatable bonds is 6. The van der Waals surface area contributed by atoms with E-state index in [1.165, 1.54) is 0 Å². The molecule has 0 amide bonds. The third kappa shape index (κ3) is 3.70.